The zero-order valence-electron chi connectivity index (χ0n) is 11.5. The molecule has 1 atom stereocenters. The molecule has 1 unspecified atom stereocenters. The van der Waals surface area contributed by atoms with Crippen molar-refractivity contribution in [1.82, 2.24) is 5.32 Å². The Morgan fingerprint density at radius 1 is 0.850 bits per heavy atom. The smallest absolute Gasteiger partial charge is 0.250 e. The molecule has 0 spiro atoms. The van der Waals surface area contributed by atoms with E-state index in [0.29, 0.717) is 0 Å². The van der Waals surface area contributed by atoms with Crippen molar-refractivity contribution in [2.24, 2.45) is 0 Å². The van der Waals surface area contributed by atoms with Crippen LogP contribution >= 0.6 is 0 Å². The van der Waals surface area contributed by atoms with Gasteiger partial charge in [-0.15, -0.1) is 0 Å². The molecule has 0 saturated heterocycles. The Bertz CT molecular complexity index is 459. The van der Waals surface area contributed by atoms with E-state index in [1.54, 1.807) is 0 Å². The van der Waals surface area contributed by atoms with Gasteiger partial charge in [0.25, 0.3) is 6.43 Å². The van der Waals surface area contributed by atoms with Crippen molar-refractivity contribution < 1.29 is 8.78 Å². The van der Waals surface area contributed by atoms with E-state index in [1.165, 1.54) is 0 Å². The van der Waals surface area contributed by atoms with Gasteiger partial charge in [-0.2, -0.15) is 0 Å². The highest BCUT2D eigenvalue weighted by Gasteiger charge is 2.21. The molecule has 0 radical (unpaired) electrons. The number of hydrogen-bond acceptors (Lipinski definition) is 1. The van der Waals surface area contributed by atoms with Crippen LogP contribution in [0.3, 0.4) is 0 Å². The van der Waals surface area contributed by atoms with Crippen LogP contribution in [0.4, 0.5) is 8.78 Å². The van der Waals surface area contributed by atoms with Crippen molar-refractivity contribution >= 4 is 0 Å². The summed E-state index contributed by atoms with van der Waals surface area (Å²) in [5.41, 5.74) is 2.26. The molecule has 1 nitrogen and oxygen atoms in total. The fourth-order valence-corrected chi connectivity index (χ4v) is 2.48. The van der Waals surface area contributed by atoms with Gasteiger partial charge < -0.3 is 5.32 Å². The Hall–Kier alpha value is -1.74. The Kier molecular flexibility index (Phi) is 5.24. The summed E-state index contributed by atoms with van der Waals surface area (Å²) < 4.78 is 24.8. The number of rotatable bonds is 6. The zero-order valence-corrected chi connectivity index (χ0v) is 11.5. The fraction of sp³-hybridized carbons (Fsp3) is 0.294. The third-order valence-electron chi connectivity index (χ3n) is 3.41. The summed E-state index contributed by atoms with van der Waals surface area (Å²) in [6.07, 6.45) is -2.33. The summed E-state index contributed by atoms with van der Waals surface area (Å²) in [5, 5.41) is 2.93. The van der Waals surface area contributed by atoms with Gasteiger partial charge >= 0.3 is 0 Å². The van der Waals surface area contributed by atoms with Gasteiger partial charge in [-0.25, -0.2) is 8.78 Å². The van der Waals surface area contributed by atoms with Crippen LogP contribution in [0.15, 0.2) is 60.7 Å². The minimum absolute atomic E-state index is 0.0613. The van der Waals surface area contributed by atoms with Crippen LogP contribution < -0.4 is 5.32 Å². The molecule has 2 aromatic carbocycles. The molecule has 0 aliphatic carbocycles. The fourth-order valence-electron chi connectivity index (χ4n) is 2.48. The van der Waals surface area contributed by atoms with Crippen molar-refractivity contribution in [2.45, 2.75) is 25.3 Å². The molecule has 3 heteroatoms. The normalized spacial score (nSPS) is 12.8. The van der Waals surface area contributed by atoms with Crippen LogP contribution in [0.2, 0.25) is 0 Å². The molecule has 0 bridgehead atoms. The Morgan fingerprint density at radius 3 is 1.70 bits per heavy atom. The number of alkyl halides is 2. The predicted octanol–water partition coefficient (Wildman–Crippen LogP) is 4.06. The first-order valence-corrected chi connectivity index (χ1v) is 6.80. The molecule has 2 rings (SSSR count). The molecular weight excluding hydrogens is 256 g/mol. The Labute approximate surface area is 118 Å². The molecular formula is C17H19F2N. The van der Waals surface area contributed by atoms with Gasteiger partial charge in [-0.3, -0.25) is 0 Å². The number of halogens is 2. The highest BCUT2D eigenvalue weighted by molar-refractivity contribution is 5.34. The molecule has 2 aromatic rings. The van der Waals surface area contributed by atoms with Crippen molar-refractivity contribution in [3.63, 3.8) is 0 Å². The third kappa shape index (κ3) is 3.87. The number of nitrogens with one attached hydrogen (secondary N) is 1. The second kappa shape index (κ2) is 7.15. The maximum absolute atomic E-state index is 12.4. The largest absolute Gasteiger partial charge is 0.308 e. The average molecular weight is 275 g/mol. The first-order chi connectivity index (χ1) is 9.68. The number of hydrogen-bond donors (Lipinski definition) is 1. The van der Waals surface area contributed by atoms with Crippen LogP contribution in [0.25, 0.3) is 0 Å². The van der Waals surface area contributed by atoms with E-state index in [2.05, 4.69) is 5.32 Å². The minimum Gasteiger partial charge on any atom is -0.308 e. The van der Waals surface area contributed by atoms with Gasteiger partial charge in [0, 0.05) is 12.0 Å². The zero-order chi connectivity index (χ0) is 14.4. The van der Waals surface area contributed by atoms with Crippen LogP contribution in [0, 0.1) is 0 Å². The standard InChI is InChI=1S/C17H19F2N/c1-13(20-12-16(18)19)17(14-8-4-2-5-9-14)15-10-6-3-7-11-15/h2-11,13,16-17,20H,12H2,1H3. The lowest BCUT2D eigenvalue weighted by Gasteiger charge is -2.26. The monoisotopic (exact) mass is 275 g/mol. The van der Waals surface area contributed by atoms with Crippen LogP contribution in [0.5, 0.6) is 0 Å². The van der Waals surface area contributed by atoms with Gasteiger partial charge in [0.1, 0.15) is 0 Å². The van der Waals surface area contributed by atoms with Gasteiger partial charge in [-0.1, -0.05) is 60.7 Å². The Balaban J connectivity index is 2.25. The van der Waals surface area contributed by atoms with Gasteiger partial charge in [0.2, 0.25) is 0 Å². The van der Waals surface area contributed by atoms with E-state index in [4.69, 9.17) is 0 Å². The van der Waals surface area contributed by atoms with E-state index < -0.39 is 6.43 Å². The van der Waals surface area contributed by atoms with Crippen molar-refractivity contribution in [3.8, 4) is 0 Å². The van der Waals surface area contributed by atoms with Gasteiger partial charge in [0.15, 0.2) is 0 Å². The Morgan fingerprint density at radius 2 is 1.30 bits per heavy atom. The SMILES string of the molecule is CC(NCC(F)F)C(c1ccccc1)c1ccccc1. The molecule has 1 N–H and O–H groups in total. The van der Waals surface area contributed by atoms with Gasteiger partial charge in [-0.05, 0) is 18.1 Å². The van der Waals surface area contributed by atoms with Crippen LogP contribution in [-0.2, 0) is 0 Å². The van der Waals surface area contributed by atoms with Gasteiger partial charge in [0.05, 0.1) is 6.54 Å². The van der Waals surface area contributed by atoms with E-state index in [9.17, 15) is 8.78 Å². The minimum atomic E-state index is -2.33. The summed E-state index contributed by atoms with van der Waals surface area (Å²) in [4.78, 5) is 0. The van der Waals surface area contributed by atoms with Crippen molar-refractivity contribution in [1.29, 1.82) is 0 Å². The van der Waals surface area contributed by atoms with Crippen molar-refractivity contribution in [2.75, 3.05) is 6.54 Å². The lowest BCUT2D eigenvalue weighted by atomic mass is 9.86. The molecule has 0 amide bonds. The molecule has 0 heterocycles. The maximum Gasteiger partial charge on any atom is 0.250 e. The first kappa shape index (κ1) is 14.7. The van der Waals surface area contributed by atoms with Crippen molar-refractivity contribution in [3.05, 3.63) is 71.8 Å². The predicted molar refractivity (Wildman–Crippen MR) is 78.2 cm³/mol. The topological polar surface area (TPSA) is 12.0 Å². The summed E-state index contributed by atoms with van der Waals surface area (Å²) in [6, 6.07) is 19.9. The average Bonchev–Trinajstić information content (AvgIpc) is 2.48. The van der Waals surface area contributed by atoms with E-state index >= 15 is 0 Å². The van der Waals surface area contributed by atoms with E-state index in [-0.39, 0.29) is 18.5 Å². The molecule has 20 heavy (non-hydrogen) atoms. The first-order valence-electron chi connectivity index (χ1n) is 6.80. The van der Waals surface area contributed by atoms with E-state index in [0.717, 1.165) is 11.1 Å². The lowest BCUT2D eigenvalue weighted by molar-refractivity contribution is 0.141. The lowest BCUT2D eigenvalue weighted by Crippen LogP contribution is -2.36. The summed E-state index contributed by atoms with van der Waals surface area (Å²) in [7, 11) is 0. The summed E-state index contributed by atoms with van der Waals surface area (Å²) in [5.74, 6) is 0.0659. The molecule has 0 aliphatic heterocycles. The molecule has 0 aromatic heterocycles. The third-order valence-corrected chi connectivity index (χ3v) is 3.41. The second-order valence-corrected chi connectivity index (χ2v) is 4.89. The molecule has 106 valence electrons. The van der Waals surface area contributed by atoms with E-state index in [1.807, 2.05) is 67.6 Å². The highest BCUT2D eigenvalue weighted by atomic mass is 19.3. The summed E-state index contributed by atoms with van der Waals surface area (Å²) >= 11 is 0. The highest BCUT2D eigenvalue weighted by Crippen LogP contribution is 2.27. The molecule has 0 saturated carbocycles. The molecule has 0 fully saturated rings. The quantitative estimate of drug-likeness (QED) is 0.838. The van der Waals surface area contributed by atoms with Crippen LogP contribution in [0.1, 0.15) is 24.0 Å². The van der Waals surface area contributed by atoms with Crippen LogP contribution in [-0.4, -0.2) is 19.0 Å². The second-order valence-electron chi connectivity index (χ2n) is 4.89. The maximum atomic E-state index is 12.4. The summed E-state index contributed by atoms with van der Waals surface area (Å²) in [6.45, 7) is 1.67. The molecule has 0 aliphatic rings. The number of benzene rings is 2.